The van der Waals surface area contributed by atoms with Gasteiger partial charge in [0.05, 0.1) is 27.2 Å². The van der Waals surface area contributed by atoms with Crippen molar-refractivity contribution in [1.29, 1.82) is 0 Å². The fourth-order valence-corrected chi connectivity index (χ4v) is 6.34. The number of rotatable bonds is 5. The Morgan fingerprint density at radius 2 is 1.87 bits per heavy atom. The summed E-state index contributed by atoms with van der Waals surface area (Å²) in [7, 11) is 0. The highest BCUT2D eigenvalue weighted by atomic mass is 79.9. The van der Waals surface area contributed by atoms with E-state index in [9.17, 15) is 27.6 Å². The van der Waals surface area contributed by atoms with Crippen LogP contribution >= 0.6 is 54.8 Å². The first-order chi connectivity index (χ1) is 18.3. The number of carbonyl (C=O) groups is 2. The van der Waals surface area contributed by atoms with Gasteiger partial charge >= 0.3 is 18.1 Å². The number of aromatic nitrogens is 1. The van der Waals surface area contributed by atoms with E-state index in [1.165, 1.54) is 44.2 Å². The lowest BCUT2D eigenvalue weighted by Gasteiger charge is -2.26. The largest absolute Gasteiger partial charge is 0.463 e. The topological polar surface area (TPSA) is 87.0 Å². The zero-order chi connectivity index (χ0) is 28.6. The second-order valence-electron chi connectivity index (χ2n) is 8.01. The molecule has 0 saturated heterocycles. The van der Waals surface area contributed by atoms with Gasteiger partial charge in [-0.05, 0) is 58.8 Å². The van der Waals surface area contributed by atoms with Crippen LogP contribution in [0.1, 0.15) is 31.0 Å². The number of nitrogens with zero attached hydrogens (tertiary/aromatic N) is 2. The molecule has 3 aromatic rings. The Hall–Kier alpha value is -2.74. The van der Waals surface area contributed by atoms with Crippen molar-refractivity contribution in [2.75, 3.05) is 6.61 Å². The van der Waals surface area contributed by atoms with E-state index in [1.807, 2.05) is 0 Å². The van der Waals surface area contributed by atoms with Crippen LogP contribution in [0.25, 0.3) is 6.08 Å². The van der Waals surface area contributed by atoms with Crippen LogP contribution in [-0.2, 0) is 14.3 Å². The monoisotopic (exact) mass is 706 g/mol. The van der Waals surface area contributed by atoms with Crippen molar-refractivity contribution < 1.29 is 32.2 Å². The summed E-state index contributed by atoms with van der Waals surface area (Å²) in [5.74, 6) is -1.77. The predicted octanol–water partition coefficient (Wildman–Crippen LogP) is 5.44. The average molecular weight is 709 g/mol. The Bertz CT molecular complexity index is 1700. The highest BCUT2D eigenvalue weighted by molar-refractivity contribution is 9.11. The van der Waals surface area contributed by atoms with Crippen LogP contribution < -0.4 is 19.6 Å². The number of thiazole rings is 1. The normalized spacial score (nSPS) is 15.6. The van der Waals surface area contributed by atoms with Gasteiger partial charge in [-0.15, -0.1) is 0 Å². The lowest BCUT2D eigenvalue weighted by molar-refractivity contribution is -0.140. The number of alkyl halides is 3. The second-order valence-corrected chi connectivity index (χ2v) is 11.2. The molecule has 0 fully saturated rings. The molecular weight excluding hydrogens is 693 g/mol. The third-order valence-corrected chi connectivity index (χ3v) is 7.63. The second kappa shape index (κ2) is 11.4. The van der Waals surface area contributed by atoms with Crippen LogP contribution in [0.2, 0.25) is 5.02 Å². The summed E-state index contributed by atoms with van der Waals surface area (Å²) in [4.78, 5) is 41.7. The van der Waals surface area contributed by atoms with Gasteiger partial charge in [-0.25, -0.2) is 9.79 Å². The van der Waals surface area contributed by atoms with Crippen LogP contribution in [0, 0.1) is 0 Å². The van der Waals surface area contributed by atoms with Crippen molar-refractivity contribution in [3.63, 3.8) is 0 Å². The molecule has 0 unspecified atom stereocenters. The fourth-order valence-electron chi connectivity index (χ4n) is 3.88. The number of carbonyl (C=O) groups excluding carboxylic acids is 2. The molecule has 2 aromatic carbocycles. The first-order valence-corrected chi connectivity index (χ1v) is 13.8. The maximum absolute atomic E-state index is 14.2. The van der Waals surface area contributed by atoms with Crippen molar-refractivity contribution >= 4 is 72.8 Å². The van der Waals surface area contributed by atoms with Crippen molar-refractivity contribution in [3.05, 3.63) is 92.5 Å². The first kappa shape index (κ1) is 29.2. The summed E-state index contributed by atoms with van der Waals surface area (Å²) < 4.78 is 54.9. The van der Waals surface area contributed by atoms with E-state index in [2.05, 4.69) is 36.9 Å². The zero-order valence-electron chi connectivity index (χ0n) is 19.9. The molecule has 14 heteroatoms. The maximum Gasteiger partial charge on any atom is 0.434 e. The van der Waals surface area contributed by atoms with Crippen molar-refractivity contribution in [3.8, 4) is 5.75 Å². The Morgan fingerprint density at radius 1 is 1.21 bits per heavy atom. The molecule has 0 N–H and O–H groups in total. The standard InChI is InChI=1S/C25H16Br2ClF3N2O5S/c1-3-37-23(36)18-19(12-4-6-15(28)7-5-12)33-22(35)17(39-24(33)32-21(18)25(29,30)31)9-13-8-14(26)10-16(27)20(13)38-11(2)34/h4-10,19H,3H2,1-2H3/b17-9-/t19-/m0/s1. The first-order valence-electron chi connectivity index (χ1n) is 11.0. The molecule has 1 aliphatic heterocycles. The predicted molar refractivity (Wildman–Crippen MR) is 145 cm³/mol. The number of allylic oxidation sites excluding steroid dienone is 1. The van der Waals surface area contributed by atoms with Gasteiger partial charge in [-0.2, -0.15) is 13.2 Å². The lowest BCUT2D eigenvalue weighted by atomic mass is 9.95. The van der Waals surface area contributed by atoms with E-state index >= 15 is 0 Å². The van der Waals surface area contributed by atoms with Crippen LogP contribution in [-0.4, -0.2) is 29.3 Å². The minimum Gasteiger partial charge on any atom is -0.463 e. The zero-order valence-corrected chi connectivity index (χ0v) is 24.7. The van der Waals surface area contributed by atoms with Gasteiger partial charge in [-0.1, -0.05) is 51.0 Å². The van der Waals surface area contributed by atoms with Crippen molar-refractivity contribution in [1.82, 2.24) is 4.57 Å². The van der Waals surface area contributed by atoms with E-state index in [0.29, 0.717) is 30.9 Å². The van der Waals surface area contributed by atoms with Crippen LogP contribution in [0.4, 0.5) is 13.2 Å². The Morgan fingerprint density at radius 3 is 2.46 bits per heavy atom. The maximum atomic E-state index is 14.2. The molecular formula is C25H16Br2ClF3N2O5S. The molecule has 0 saturated carbocycles. The minimum absolute atomic E-state index is 0.0160. The van der Waals surface area contributed by atoms with Gasteiger partial charge in [0.25, 0.3) is 5.56 Å². The molecule has 0 spiro atoms. The number of benzene rings is 2. The van der Waals surface area contributed by atoms with E-state index in [1.54, 1.807) is 12.1 Å². The Balaban J connectivity index is 2.07. The minimum atomic E-state index is -5.03. The van der Waals surface area contributed by atoms with E-state index in [4.69, 9.17) is 21.1 Å². The van der Waals surface area contributed by atoms with Gasteiger partial charge in [-0.3, -0.25) is 14.2 Å². The quantitative estimate of drug-likeness (QED) is 0.260. The number of fused-ring (bicyclic) bond motifs is 1. The molecule has 0 bridgehead atoms. The van der Waals surface area contributed by atoms with E-state index < -0.39 is 41.0 Å². The number of hydrogen-bond donors (Lipinski definition) is 0. The molecule has 7 nitrogen and oxygen atoms in total. The molecule has 1 aromatic heterocycles. The van der Waals surface area contributed by atoms with Gasteiger partial charge in [0.1, 0.15) is 0 Å². The van der Waals surface area contributed by atoms with Crippen LogP contribution in [0.15, 0.2) is 66.4 Å². The van der Waals surface area contributed by atoms with E-state index in [0.717, 1.165) is 4.57 Å². The Labute approximate surface area is 244 Å². The number of esters is 2. The molecule has 0 aliphatic carbocycles. The number of ether oxygens (including phenoxy) is 2. The summed E-state index contributed by atoms with van der Waals surface area (Å²) in [6.45, 7) is 2.46. The van der Waals surface area contributed by atoms with Crippen LogP contribution in [0.3, 0.4) is 0 Å². The molecule has 204 valence electrons. The SMILES string of the molecule is CCOC(=O)C1=C(C(F)(F)F)N=c2s/c(=C\c3cc(Br)cc(Br)c3OC(C)=O)c(=O)n2[C@H]1c1ccc(Cl)cc1. The molecule has 0 amide bonds. The summed E-state index contributed by atoms with van der Waals surface area (Å²) in [6, 6.07) is 7.42. The Kier molecular flexibility index (Phi) is 8.55. The highest BCUT2D eigenvalue weighted by Crippen LogP contribution is 2.39. The molecule has 4 rings (SSSR count). The summed E-state index contributed by atoms with van der Waals surface area (Å²) in [5, 5.41) is 0.307. The summed E-state index contributed by atoms with van der Waals surface area (Å²) in [6.07, 6.45) is -3.66. The van der Waals surface area contributed by atoms with Crippen LogP contribution in [0.5, 0.6) is 5.75 Å². The van der Waals surface area contributed by atoms with Crippen molar-refractivity contribution in [2.24, 2.45) is 4.99 Å². The fraction of sp³-hybridized carbons (Fsp3) is 0.200. The molecule has 1 atom stereocenters. The number of hydrogen-bond acceptors (Lipinski definition) is 7. The third-order valence-electron chi connectivity index (χ3n) is 5.35. The summed E-state index contributed by atoms with van der Waals surface area (Å²) >= 11 is 13.3. The smallest absolute Gasteiger partial charge is 0.434 e. The molecule has 2 heterocycles. The number of halogens is 6. The van der Waals surface area contributed by atoms with Gasteiger partial charge < -0.3 is 9.47 Å². The highest BCUT2D eigenvalue weighted by Gasteiger charge is 2.45. The van der Waals surface area contributed by atoms with Crippen molar-refractivity contribution in [2.45, 2.75) is 26.1 Å². The van der Waals surface area contributed by atoms with E-state index in [-0.39, 0.29) is 27.3 Å². The lowest BCUT2D eigenvalue weighted by Crippen LogP contribution is -2.41. The van der Waals surface area contributed by atoms with Gasteiger partial charge in [0, 0.05) is 22.0 Å². The van der Waals surface area contributed by atoms with Gasteiger partial charge in [0.15, 0.2) is 16.2 Å². The molecule has 39 heavy (non-hydrogen) atoms. The average Bonchev–Trinajstić information content (AvgIpc) is 3.15. The molecule has 1 aliphatic rings. The van der Waals surface area contributed by atoms with Gasteiger partial charge in [0.2, 0.25) is 0 Å². The summed E-state index contributed by atoms with van der Waals surface area (Å²) in [5.41, 5.74) is -2.51. The molecule has 0 radical (unpaired) electrons. The third kappa shape index (κ3) is 6.06.